The molecule has 1 aliphatic rings. The molecule has 0 aromatic rings. The van der Waals surface area contributed by atoms with Crippen molar-refractivity contribution in [2.75, 3.05) is 7.05 Å². The van der Waals surface area contributed by atoms with Gasteiger partial charge in [-0.15, -0.1) is 0 Å². The highest BCUT2D eigenvalue weighted by molar-refractivity contribution is 8.00. The number of hydrogen-bond acceptors (Lipinski definition) is 2. The summed E-state index contributed by atoms with van der Waals surface area (Å²) in [5.74, 6) is 0.996. The zero-order valence-corrected chi connectivity index (χ0v) is 12.3. The van der Waals surface area contributed by atoms with Crippen LogP contribution >= 0.6 is 11.8 Å². The van der Waals surface area contributed by atoms with Crippen LogP contribution in [0.25, 0.3) is 0 Å². The summed E-state index contributed by atoms with van der Waals surface area (Å²) in [5, 5.41) is 5.20. The molecule has 4 atom stereocenters. The first-order valence-electron chi connectivity index (χ1n) is 7.03. The van der Waals surface area contributed by atoms with Gasteiger partial charge in [-0.1, -0.05) is 33.6 Å². The van der Waals surface area contributed by atoms with Crippen molar-refractivity contribution in [2.45, 2.75) is 75.8 Å². The van der Waals surface area contributed by atoms with Crippen molar-refractivity contribution in [1.82, 2.24) is 5.32 Å². The molecule has 0 heterocycles. The van der Waals surface area contributed by atoms with Gasteiger partial charge in [0.15, 0.2) is 0 Å². The molecule has 0 aromatic heterocycles. The summed E-state index contributed by atoms with van der Waals surface area (Å²) in [4.78, 5) is 0. The Balaban J connectivity index is 2.46. The van der Waals surface area contributed by atoms with E-state index in [4.69, 9.17) is 0 Å². The van der Waals surface area contributed by atoms with Gasteiger partial charge < -0.3 is 5.32 Å². The van der Waals surface area contributed by atoms with E-state index in [0.717, 1.165) is 22.5 Å². The predicted octanol–water partition coefficient (Wildman–Crippen LogP) is 4.07. The number of thioether (sulfide) groups is 1. The maximum atomic E-state index is 3.53. The summed E-state index contributed by atoms with van der Waals surface area (Å²) in [6, 6.07) is 0.757. The predicted molar refractivity (Wildman–Crippen MR) is 76.2 cm³/mol. The standard InChI is InChI=1S/C14H29NS/c1-5-7-12-8-9-13(15-4)14(10-12)16-11(3)6-2/h11-15H,5-10H2,1-4H3. The van der Waals surface area contributed by atoms with Crippen LogP contribution in [-0.2, 0) is 0 Å². The van der Waals surface area contributed by atoms with E-state index in [1.54, 1.807) is 0 Å². The highest BCUT2D eigenvalue weighted by atomic mass is 32.2. The molecule has 1 nitrogen and oxygen atoms in total. The van der Waals surface area contributed by atoms with E-state index in [9.17, 15) is 0 Å². The molecule has 16 heavy (non-hydrogen) atoms. The monoisotopic (exact) mass is 243 g/mol. The second kappa shape index (κ2) is 7.60. The minimum atomic E-state index is 0.757. The molecular formula is C14H29NS. The number of nitrogens with one attached hydrogen (secondary N) is 1. The Morgan fingerprint density at radius 3 is 2.62 bits per heavy atom. The van der Waals surface area contributed by atoms with Crippen molar-refractivity contribution in [3.8, 4) is 0 Å². The normalized spacial score (nSPS) is 32.6. The van der Waals surface area contributed by atoms with E-state index in [1.807, 2.05) is 0 Å². The molecule has 1 fully saturated rings. The fourth-order valence-corrected chi connectivity index (χ4v) is 4.39. The van der Waals surface area contributed by atoms with Gasteiger partial charge in [-0.3, -0.25) is 0 Å². The summed E-state index contributed by atoms with van der Waals surface area (Å²) < 4.78 is 0. The highest BCUT2D eigenvalue weighted by Crippen LogP contribution is 2.36. The Morgan fingerprint density at radius 2 is 2.06 bits per heavy atom. The lowest BCUT2D eigenvalue weighted by molar-refractivity contribution is 0.295. The van der Waals surface area contributed by atoms with Gasteiger partial charge in [-0.2, -0.15) is 11.8 Å². The second-order valence-corrected chi connectivity index (χ2v) is 6.94. The van der Waals surface area contributed by atoms with Gasteiger partial charge >= 0.3 is 0 Å². The molecule has 0 bridgehead atoms. The van der Waals surface area contributed by atoms with E-state index < -0.39 is 0 Å². The van der Waals surface area contributed by atoms with Crippen molar-refractivity contribution in [1.29, 1.82) is 0 Å². The summed E-state index contributed by atoms with van der Waals surface area (Å²) >= 11 is 2.22. The maximum Gasteiger partial charge on any atom is 0.0206 e. The SMILES string of the molecule is CCCC1CCC(NC)C(SC(C)CC)C1. The van der Waals surface area contributed by atoms with Crippen LogP contribution in [0.4, 0.5) is 0 Å². The van der Waals surface area contributed by atoms with Gasteiger partial charge in [0.05, 0.1) is 0 Å². The fraction of sp³-hybridized carbons (Fsp3) is 1.00. The molecule has 0 aromatic carbocycles. The third-order valence-corrected chi connectivity index (χ3v) is 5.62. The summed E-state index contributed by atoms with van der Waals surface area (Å²) in [6.45, 7) is 7.00. The summed E-state index contributed by atoms with van der Waals surface area (Å²) in [6.07, 6.45) is 8.36. The van der Waals surface area contributed by atoms with Gasteiger partial charge in [-0.25, -0.2) is 0 Å². The Kier molecular flexibility index (Phi) is 6.83. The Hall–Kier alpha value is 0.310. The number of hydrogen-bond donors (Lipinski definition) is 1. The molecule has 96 valence electrons. The lowest BCUT2D eigenvalue weighted by Gasteiger charge is -2.37. The molecule has 2 heteroatoms. The summed E-state index contributed by atoms with van der Waals surface area (Å²) in [7, 11) is 2.13. The first kappa shape index (κ1) is 14.4. The van der Waals surface area contributed by atoms with Crippen molar-refractivity contribution in [3.05, 3.63) is 0 Å². The van der Waals surface area contributed by atoms with Crippen molar-refractivity contribution in [2.24, 2.45) is 5.92 Å². The van der Waals surface area contributed by atoms with Gasteiger partial charge in [0.1, 0.15) is 0 Å². The topological polar surface area (TPSA) is 12.0 Å². The average Bonchev–Trinajstić information content (AvgIpc) is 2.30. The zero-order chi connectivity index (χ0) is 12.0. The van der Waals surface area contributed by atoms with E-state index in [2.05, 4.69) is 44.9 Å². The van der Waals surface area contributed by atoms with Crippen molar-refractivity contribution < 1.29 is 0 Å². The van der Waals surface area contributed by atoms with Gasteiger partial charge in [0.25, 0.3) is 0 Å². The molecule has 1 aliphatic carbocycles. The molecule has 0 aliphatic heterocycles. The summed E-state index contributed by atoms with van der Waals surface area (Å²) in [5.41, 5.74) is 0. The van der Waals surface area contributed by atoms with Crippen LogP contribution in [0.3, 0.4) is 0 Å². The highest BCUT2D eigenvalue weighted by Gasteiger charge is 2.30. The van der Waals surface area contributed by atoms with Gasteiger partial charge in [-0.05, 0) is 38.6 Å². The minimum Gasteiger partial charge on any atom is -0.316 e. The molecule has 0 amide bonds. The molecule has 1 N–H and O–H groups in total. The van der Waals surface area contributed by atoms with Crippen LogP contribution in [0.15, 0.2) is 0 Å². The molecule has 1 rings (SSSR count). The molecule has 0 saturated heterocycles. The van der Waals surface area contributed by atoms with E-state index >= 15 is 0 Å². The molecule has 4 unspecified atom stereocenters. The van der Waals surface area contributed by atoms with Crippen LogP contribution in [0, 0.1) is 5.92 Å². The average molecular weight is 243 g/mol. The van der Waals surface area contributed by atoms with Crippen molar-refractivity contribution in [3.63, 3.8) is 0 Å². The molecule has 0 spiro atoms. The third-order valence-electron chi connectivity index (χ3n) is 3.95. The van der Waals surface area contributed by atoms with Crippen LogP contribution in [-0.4, -0.2) is 23.6 Å². The Morgan fingerprint density at radius 1 is 1.31 bits per heavy atom. The Labute approximate surface area is 106 Å². The molecule has 0 radical (unpaired) electrons. The smallest absolute Gasteiger partial charge is 0.0206 e. The van der Waals surface area contributed by atoms with Gasteiger partial charge in [0, 0.05) is 16.5 Å². The first-order chi connectivity index (χ1) is 7.71. The maximum absolute atomic E-state index is 3.53. The van der Waals surface area contributed by atoms with Crippen LogP contribution in [0.2, 0.25) is 0 Å². The number of rotatable bonds is 6. The van der Waals surface area contributed by atoms with E-state index in [0.29, 0.717) is 0 Å². The Bertz CT molecular complexity index is 184. The molecular weight excluding hydrogens is 214 g/mol. The third kappa shape index (κ3) is 4.29. The lowest BCUT2D eigenvalue weighted by Crippen LogP contribution is -2.41. The van der Waals surface area contributed by atoms with Crippen molar-refractivity contribution >= 4 is 11.8 Å². The second-order valence-electron chi connectivity index (χ2n) is 5.26. The van der Waals surface area contributed by atoms with Crippen LogP contribution in [0.5, 0.6) is 0 Å². The molecule has 1 saturated carbocycles. The van der Waals surface area contributed by atoms with Crippen LogP contribution in [0.1, 0.15) is 59.3 Å². The minimum absolute atomic E-state index is 0.757. The van der Waals surface area contributed by atoms with E-state index in [1.165, 1.54) is 38.5 Å². The lowest BCUT2D eigenvalue weighted by atomic mass is 9.83. The first-order valence-corrected chi connectivity index (χ1v) is 7.98. The van der Waals surface area contributed by atoms with Crippen LogP contribution < -0.4 is 5.32 Å². The quantitative estimate of drug-likeness (QED) is 0.754. The zero-order valence-electron chi connectivity index (χ0n) is 11.5. The van der Waals surface area contributed by atoms with Gasteiger partial charge in [0.2, 0.25) is 0 Å². The largest absolute Gasteiger partial charge is 0.316 e. The van der Waals surface area contributed by atoms with E-state index in [-0.39, 0.29) is 0 Å². The fourth-order valence-electron chi connectivity index (χ4n) is 2.76.